The molecular weight excluding hydrogens is 242 g/mol. The number of aromatic hydroxyl groups is 1. The Kier molecular flexibility index (Phi) is 5.71. The van der Waals surface area contributed by atoms with Crippen molar-refractivity contribution in [2.75, 3.05) is 14.2 Å². The molecule has 0 aliphatic heterocycles. The second-order valence-corrected chi connectivity index (χ2v) is 4.20. The van der Waals surface area contributed by atoms with E-state index in [0.29, 0.717) is 11.6 Å². The van der Waals surface area contributed by atoms with Crippen molar-refractivity contribution in [2.24, 2.45) is 0 Å². The molecule has 17 heavy (non-hydrogen) atoms. The molecule has 0 saturated carbocycles. The lowest BCUT2D eigenvalue weighted by Gasteiger charge is -2.22. The summed E-state index contributed by atoms with van der Waals surface area (Å²) in [7, 11) is 3.20. The first kappa shape index (κ1) is 14.3. The predicted molar refractivity (Wildman–Crippen MR) is 67.2 cm³/mol. The Hall–Kier alpha value is -0.810. The summed E-state index contributed by atoms with van der Waals surface area (Å²) in [6.07, 6.45) is -0.289. The van der Waals surface area contributed by atoms with Crippen molar-refractivity contribution in [1.82, 2.24) is 5.32 Å². The summed E-state index contributed by atoms with van der Waals surface area (Å²) in [6, 6.07) is 5.17. The Morgan fingerprint density at radius 3 is 2.53 bits per heavy atom. The van der Waals surface area contributed by atoms with Gasteiger partial charge in [0.05, 0.1) is 11.1 Å². The van der Waals surface area contributed by atoms with Crippen LogP contribution in [0.5, 0.6) is 5.75 Å². The minimum atomic E-state index is -0.289. The lowest BCUT2D eigenvalue weighted by atomic mass is 10.2. The van der Waals surface area contributed by atoms with Gasteiger partial charge in [-0.2, -0.15) is 0 Å². The van der Waals surface area contributed by atoms with Crippen LogP contribution < -0.4 is 5.32 Å². The highest BCUT2D eigenvalue weighted by molar-refractivity contribution is 6.32. The molecule has 96 valence electrons. The molecule has 4 nitrogen and oxygen atoms in total. The fraction of sp³-hybridized carbons (Fsp3) is 0.500. The zero-order valence-electron chi connectivity index (χ0n) is 10.2. The van der Waals surface area contributed by atoms with Gasteiger partial charge >= 0.3 is 0 Å². The van der Waals surface area contributed by atoms with Crippen LogP contribution in [-0.2, 0) is 16.0 Å². The normalized spacial score (nSPS) is 13.0. The molecule has 0 aromatic heterocycles. The topological polar surface area (TPSA) is 50.7 Å². The Balaban J connectivity index is 2.52. The van der Waals surface area contributed by atoms with Crippen molar-refractivity contribution in [3.8, 4) is 5.75 Å². The van der Waals surface area contributed by atoms with Crippen molar-refractivity contribution in [1.29, 1.82) is 0 Å². The van der Waals surface area contributed by atoms with E-state index in [1.54, 1.807) is 26.4 Å². The molecule has 1 atom stereocenters. The third-order valence-corrected chi connectivity index (χ3v) is 2.82. The quantitative estimate of drug-likeness (QED) is 0.769. The molecule has 1 aromatic rings. The number of halogens is 1. The molecule has 0 radical (unpaired) electrons. The van der Waals surface area contributed by atoms with E-state index < -0.39 is 0 Å². The van der Waals surface area contributed by atoms with Crippen LogP contribution in [0.15, 0.2) is 18.2 Å². The molecule has 5 heteroatoms. The average molecular weight is 260 g/mol. The van der Waals surface area contributed by atoms with Crippen LogP contribution in [0.2, 0.25) is 5.02 Å². The molecule has 0 aliphatic rings. The van der Waals surface area contributed by atoms with E-state index in [2.05, 4.69) is 5.32 Å². The number of phenols is 1. The first-order valence-electron chi connectivity index (χ1n) is 5.34. The number of nitrogens with one attached hydrogen (secondary N) is 1. The standard InChI is InChI=1S/C12H18ClNO3/c1-8(12(16-2)17-3)14-7-9-4-5-11(15)10(13)6-9/h4-6,8,12,14-15H,7H2,1-3H3. The van der Waals surface area contributed by atoms with E-state index >= 15 is 0 Å². The van der Waals surface area contributed by atoms with Gasteiger partial charge in [0.2, 0.25) is 0 Å². The van der Waals surface area contributed by atoms with Crippen molar-refractivity contribution >= 4 is 11.6 Å². The number of hydrogen-bond donors (Lipinski definition) is 2. The maximum absolute atomic E-state index is 9.29. The summed E-state index contributed by atoms with van der Waals surface area (Å²) in [5.74, 6) is 0.0927. The molecule has 0 heterocycles. The molecule has 1 aromatic carbocycles. The first-order valence-corrected chi connectivity index (χ1v) is 5.72. The highest BCUT2D eigenvalue weighted by Gasteiger charge is 2.14. The fourth-order valence-corrected chi connectivity index (χ4v) is 1.74. The number of benzene rings is 1. The summed E-state index contributed by atoms with van der Waals surface area (Å²) in [5.41, 5.74) is 0.991. The van der Waals surface area contributed by atoms with Crippen LogP contribution >= 0.6 is 11.6 Å². The van der Waals surface area contributed by atoms with Gasteiger partial charge in [0, 0.05) is 20.8 Å². The van der Waals surface area contributed by atoms with E-state index in [0.717, 1.165) is 5.56 Å². The first-order chi connectivity index (χ1) is 8.08. The summed E-state index contributed by atoms with van der Waals surface area (Å²) in [5, 5.41) is 12.9. The molecular formula is C12H18ClNO3. The van der Waals surface area contributed by atoms with Gasteiger partial charge in [0.1, 0.15) is 5.75 Å². The molecule has 0 fully saturated rings. The lowest BCUT2D eigenvalue weighted by molar-refractivity contribution is -0.119. The van der Waals surface area contributed by atoms with E-state index in [1.807, 2.05) is 13.0 Å². The molecule has 0 saturated heterocycles. The largest absolute Gasteiger partial charge is 0.506 e. The van der Waals surface area contributed by atoms with Crippen LogP contribution in [0.1, 0.15) is 12.5 Å². The van der Waals surface area contributed by atoms with Gasteiger partial charge in [0.25, 0.3) is 0 Å². The molecule has 0 aliphatic carbocycles. The van der Waals surface area contributed by atoms with Crippen LogP contribution in [0.25, 0.3) is 0 Å². The number of methoxy groups -OCH3 is 2. The number of phenolic OH excluding ortho intramolecular Hbond substituents is 1. The highest BCUT2D eigenvalue weighted by atomic mass is 35.5. The van der Waals surface area contributed by atoms with Crippen LogP contribution in [0.4, 0.5) is 0 Å². The Morgan fingerprint density at radius 2 is 2.00 bits per heavy atom. The van der Waals surface area contributed by atoms with E-state index in [1.165, 1.54) is 0 Å². The Morgan fingerprint density at radius 1 is 1.35 bits per heavy atom. The van der Waals surface area contributed by atoms with Crippen molar-refractivity contribution < 1.29 is 14.6 Å². The Bertz CT molecular complexity index is 356. The van der Waals surface area contributed by atoms with Crippen molar-refractivity contribution in [3.05, 3.63) is 28.8 Å². The van der Waals surface area contributed by atoms with Gasteiger partial charge < -0.3 is 19.9 Å². The second-order valence-electron chi connectivity index (χ2n) is 3.80. The average Bonchev–Trinajstić information content (AvgIpc) is 2.32. The smallest absolute Gasteiger partial charge is 0.171 e. The molecule has 0 spiro atoms. The van der Waals surface area contributed by atoms with Crippen LogP contribution in [-0.4, -0.2) is 31.7 Å². The van der Waals surface area contributed by atoms with Gasteiger partial charge in [-0.05, 0) is 24.6 Å². The van der Waals surface area contributed by atoms with Gasteiger partial charge in [-0.25, -0.2) is 0 Å². The SMILES string of the molecule is COC(OC)C(C)NCc1ccc(O)c(Cl)c1. The minimum absolute atomic E-state index is 0.0533. The summed E-state index contributed by atoms with van der Waals surface area (Å²) < 4.78 is 10.3. The third kappa shape index (κ3) is 4.16. The predicted octanol–water partition coefficient (Wildman–Crippen LogP) is 2.14. The lowest BCUT2D eigenvalue weighted by Crippen LogP contribution is -2.39. The maximum atomic E-state index is 9.29. The van der Waals surface area contributed by atoms with E-state index in [4.69, 9.17) is 21.1 Å². The molecule has 1 unspecified atom stereocenters. The summed E-state index contributed by atoms with van der Waals surface area (Å²) in [6.45, 7) is 2.60. The monoisotopic (exact) mass is 259 g/mol. The molecule has 0 bridgehead atoms. The summed E-state index contributed by atoms with van der Waals surface area (Å²) >= 11 is 5.82. The van der Waals surface area contributed by atoms with Crippen LogP contribution in [0.3, 0.4) is 0 Å². The van der Waals surface area contributed by atoms with Gasteiger partial charge in [-0.1, -0.05) is 17.7 Å². The Labute approximate surface area is 106 Å². The number of rotatable bonds is 6. The van der Waals surface area contributed by atoms with E-state index in [9.17, 15) is 5.11 Å². The van der Waals surface area contributed by atoms with Gasteiger partial charge in [-0.15, -0.1) is 0 Å². The maximum Gasteiger partial charge on any atom is 0.171 e. The zero-order chi connectivity index (χ0) is 12.8. The second kappa shape index (κ2) is 6.81. The van der Waals surface area contributed by atoms with Crippen LogP contribution in [0, 0.1) is 0 Å². The number of ether oxygens (including phenoxy) is 2. The molecule has 2 N–H and O–H groups in total. The van der Waals surface area contributed by atoms with Gasteiger partial charge in [-0.3, -0.25) is 0 Å². The fourth-order valence-electron chi connectivity index (χ4n) is 1.54. The minimum Gasteiger partial charge on any atom is -0.506 e. The molecule has 1 rings (SSSR count). The zero-order valence-corrected chi connectivity index (χ0v) is 11.0. The summed E-state index contributed by atoms with van der Waals surface area (Å²) in [4.78, 5) is 0. The van der Waals surface area contributed by atoms with Crippen molar-refractivity contribution in [2.45, 2.75) is 25.8 Å². The third-order valence-electron chi connectivity index (χ3n) is 2.51. The van der Waals surface area contributed by atoms with E-state index in [-0.39, 0.29) is 18.1 Å². The molecule has 0 amide bonds. The highest BCUT2D eigenvalue weighted by Crippen LogP contribution is 2.23. The number of hydrogen-bond acceptors (Lipinski definition) is 4. The van der Waals surface area contributed by atoms with Gasteiger partial charge in [0.15, 0.2) is 6.29 Å². The van der Waals surface area contributed by atoms with Crippen molar-refractivity contribution in [3.63, 3.8) is 0 Å².